The highest BCUT2D eigenvalue weighted by Gasteiger charge is 2.35. The Morgan fingerprint density at radius 2 is 2.10 bits per heavy atom. The Kier molecular flexibility index (Phi) is 4.75. The Balaban J connectivity index is 1.59. The number of benzene rings is 1. The number of nitrogens with zero attached hydrogens (tertiary/aromatic N) is 2. The Labute approximate surface area is 126 Å². The van der Waals surface area contributed by atoms with Gasteiger partial charge in [-0.05, 0) is 17.7 Å². The highest BCUT2D eigenvalue weighted by Crippen LogP contribution is 2.21. The van der Waals surface area contributed by atoms with Crippen LogP contribution in [0.25, 0.3) is 0 Å². The molecule has 5 nitrogen and oxygen atoms in total. The van der Waals surface area contributed by atoms with Crippen molar-refractivity contribution in [2.75, 3.05) is 46.5 Å². The molecule has 21 heavy (non-hydrogen) atoms. The largest absolute Gasteiger partial charge is 0.497 e. The first-order valence-electron chi connectivity index (χ1n) is 7.61. The molecule has 5 heteroatoms. The van der Waals surface area contributed by atoms with Crippen LogP contribution < -0.4 is 4.74 Å². The van der Waals surface area contributed by atoms with Gasteiger partial charge < -0.3 is 14.6 Å². The third-order valence-corrected chi connectivity index (χ3v) is 4.39. The maximum absolute atomic E-state index is 10.3. The maximum Gasteiger partial charge on any atom is 0.119 e. The van der Waals surface area contributed by atoms with Crippen LogP contribution in [-0.2, 0) is 11.3 Å². The van der Waals surface area contributed by atoms with E-state index in [1.807, 2.05) is 12.1 Å². The lowest BCUT2D eigenvalue weighted by Crippen LogP contribution is -2.48. The van der Waals surface area contributed by atoms with E-state index in [0.717, 1.165) is 51.7 Å². The van der Waals surface area contributed by atoms with Gasteiger partial charge in [0, 0.05) is 38.8 Å². The average Bonchev–Trinajstić information content (AvgIpc) is 2.89. The highest BCUT2D eigenvalue weighted by atomic mass is 16.5. The predicted molar refractivity (Wildman–Crippen MR) is 80.5 cm³/mol. The molecule has 2 fully saturated rings. The van der Waals surface area contributed by atoms with Crippen LogP contribution in [0.5, 0.6) is 5.75 Å². The monoisotopic (exact) mass is 292 g/mol. The zero-order valence-electron chi connectivity index (χ0n) is 12.6. The van der Waals surface area contributed by atoms with Crippen LogP contribution in [0, 0.1) is 0 Å². The molecule has 0 amide bonds. The van der Waals surface area contributed by atoms with E-state index in [1.54, 1.807) is 7.11 Å². The van der Waals surface area contributed by atoms with Crippen molar-refractivity contribution in [3.05, 3.63) is 29.8 Å². The third kappa shape index (κ3) is 3.55. The predicted octanol–water partition coefficient (Wildman–Crippen LogP) is 0.572. The Morgan fingerprint density at radius 1 is 1.29 bits per heavy atom. The molecular weight excluding hydrogens is 268 g/mol. The molecule has 1 aromatic rings. The number of methoxy groups -OCH3 is 1. The first-order chi connectivity index (χ1) is 10.3. The van der Waals surface area contributed by atoms with E-state index in [4.69, 9.17) is 9.47 Å². The minimum atomic E-state index is -0.270. The van der Waals surface area contributed by atoms with Crippen molar-refractivity contribution in [1.29, 1.82) is 0 Å². The third-order valence-electron chi connectivity index (χ3n) is 4.39. The van der Waals surface area contributed by atoms with Crippen LogP contribution >= 0.6 is 0 Å². The summed E-state index contributed by atoms with van der Waals surface area (Å²) in [6.07, 6.45) is -0.270. The van der Waals surface area contributed by atoms with E-state index >= 15 is 0 Å². The lowest BCUT2D eigenvalue weighted by Gasteiger charge is -2.33. The van der Waals surface area contributed by atoms with Crippen molar-refractivity contribution in [1.82, 2.24) is 9.80 Å². The van der Waals surface area contributed by atoms with Gasteiger partial charge in [-0.15, -0.1) is 0 Å². The summed E-state index contributed by atoms with van der Waals surface area (Å²) in [4.78, 5) is 4.68. The van der Waals surface area contributed by atoms with Crippen LogP contribution in [0.3, 0.4) is 0 Å². The number of hydrogen-bond acceptors (Lipinski definition) is 5. The van der Waals surface area contributed by atoms with Crippen molar-refractivity contribution in [3.63, 3.8) is 0 Å². The quantitative estimate of drug-likeness (QED) is 0.879. The molecule has 2 heterocycles. The van der Waals surface area contributed by atoms with Gasteiger partial charge in [0.05, 0.1) is 26.4 Å². The minimum absolute atomic E-state index is 0.236. The fraction of sp³-hybridized carbons (Fsp3) is 0.625. The van der Waals surface area contributed by atoms with Gasteiger partial charge in [0.25, 0.3) is 0 Å². The van der Waals surface area contributed by atoms with E-state index in [0.29, 0.717) is 0 Å². The summed E-state index contributed by atoms with van der Waals surface area (Å²) >= 11 is 0. The second-order valence-electron chi connectivity index (χ2n) is 5.83. The summed E-state index contributed by atoms with van der Waals surface area (Å²) in [5, 5.41) is 10.3. The second-order valence-corrected chi connectivity index (χ2v) is 5.83. The smallest absolute Gasteiger partial charge is 0.119 e. The van der Waals surface area contributed by atoms with Crippen LogP contribution in [0.4, 0.5) is 0 Å². The summed E-state index contributed by atoms with van der Waals surface area (Å²) in [5.74, 6) is 0.886. The zero-order valence-corrected chi connectivity index (χ0v) is 12.6. The number of ether oxygens (including phenoxy) is 2. The summed E-state index contributed by atoms with van der Waals surface area (Å²) in [5.41, 5.74) is 1.23. The lowest BCUT2D eigenvalue weighted by molar-refractivity contribution is -0.00618. The van der Waals surface area contributed by atoms with Crippen molar-refractivity contribution >= 4 is 0 Å². The van der Waals surface area contributed by atoms with E-state index in [-0.39, 0.29) is 12.1 Å². The second kappa shape index (κ2) is 6.75. The normalized spacial score (nSPS) is 27.9. The van der Waals surface area contributed by atoms with Crippen LogP contribution in [0.15, 0.2) is 24.3 Å². The molecule has 3 rings (SSSR count). The number of morpholine rings is 1. The maximum atomic E-state index is 10.3. The Morgan fingerprint density at radius 3 is 2.86 bits per heavy atom. The van der Waals surface area contributed by atoms with Crippen molar-refractivity contribution in [3.8, 4) is 5.75 Å². The van der Waals surface area contributed by atoms with Crippen LogP contribution in [-0.4, -0.2) is 73.6 Å². The minimum Gasteiger partial charge on any atom is -0.497 e. The van der Waals surface area contributed by atoms with Crippen LogP contribution in [0.1, 0.15) is 5.56 Å². The number of likely N-dealkylation sites (tertiary alicyclic amines) is 1. The molecule has 0 bridgehead atoms. The average molecular weight is 292 g/mol. The number of β-amino-alcohol motifs (C(OH)–C–C–N with tert-alkyl or cyclic N) is 1. The Bertz CT molecular complexity index is 463. The molecule has 2 aliphatic rings. The van der Waals surface area contributed by atoms with Gasteiger partial charge in [-0.3, -0.25) is 9.80 Å². The van der Waals surface area contributed by atoms with Crippen molar-refractivity contribution < 1.29 is 14.6 Å². The molecule has 116 valence electrons. The standard InChI is InChI=1S/C16H24N2O3/c1-20-14-4-2-3-13(9-14)10-17-11-15(16(19)12-17)18-5-7-21-8-6-18/h2-4,9,15-16,19H,5-8,10-12H2,1H3/t15-,16-/m0/s1. The number of rotatable bonds is 4. The molecule has 2 saturated heterocycles. The highest BCUT2D eigenvalue weighted by molar-refractivity contribution is 5.28. The van der Waals surface area contributed by atoms with E-state index in [9.17, 15) is 5.11 Å². The molecule has 2 aliphatic heterocycles. The SMILES string of the molecule is COc1cccc(CN2C[C@H](O)[C@@H](N3CCOCC3)C2)c1. The van der Waals surface area contributed by atoms with E-state index < -0.39 is 0 Å². The van der Waals surface area contributed by atoms with Gasteiger partial charge in [-0.2, -0.15) is 0 Å². The van der Waals surface area contributed by atoms with E-state index in [1.165, 1.54) is 5.56 Å². The fourth-order valence-corrected chi connectivity index (χ4v) is 3.27. The number of aliphatic hydroxyl groups is 1. The van der Waals surface area contributed by atoms with Gasteiger partial charge >= 0.3 is 0 Å². The summed E-state index contributed by atoms with van der Waals surface area (Å²) < 4.78 is 10.7. The van der Waals surface area contributed by atoms with Gasteiger partial charge in [0.2, 0.25) is 0 Å². The summed E-state index contributed by atoms with van der Waals surface area (Å²) in [6, 6.07) is 8.38. The molecule has 1 N–H and O–H groups in total. The number of hydrogen-bond donors (Lipinski definition) is 1. The van der Waals surface area contributed by atoms with Gasteiger partial charge in [0.15, 0.2) is 0 Å². The van der Waals surface area contributed by atoms with Gasteiger partial charge in [-0.25, -0.2) is 0 Å². The Hall–Kier alpha value is -1.14. The molecule has 0 unspecified atom stereocenters. The molecule has 0 radical (unpaired) electrons. The van der Waals surface area contributed by atoms with Crippen molar-refractivity contribution in [2.45, 2.75) is 18.7 Å². The van der Waals surface area contributed by atoms with Crippen LogP contribution in [0.2, 0.25) is 0 Å². The first kappa shape index (κ1) is 14.8. The molecule has 1 aromatic carbocycles. The lowest BCUT2D eigenvalue weighted by atomic mass is 10.1. The summed E-state index contributed by atoms with van der Waals surface area (Å²) in [7, 11) is 1.69. The zero-order chi connectivity index (χ0) is 14.7. The topological polar surface area (TPSA) is 45.2 Å². The number of aliphatic hydroxyl groups excluding tert-OH is 1. The van der Waals surface area contributed by atoms with Crippen molar-refractivity contribution in [2.24, 2.45) is 0 Å². The molecule has 0 spiro atoms. The van der Waals surface area contributed by atoms with Gasteiger partial charge in [0.1, 0.15) is 5.75 Å². The summed E-state index contributed by atoms with van der Waals surface area (Å²) in [6.45, 7) is 5.91. The first-order valence-corrected chi connectivity index (χ1v) is 7.61. The molecule has 2 atom stereocenters. The molecule has 0 aromatic heterocycles. The molecule has 0 aliphatic carbocycles. The molecule has 0 saturated carbocycles. The van der Waals surface area contributed by atoms with Gasteiger partial charge in [-0.1, -0.05) is 12.1 Å². The molecular formula is C16H24N2O3. The van der Waals surface area contributed by atoms with E-state index in [2.05, 4.69) is 21.9 Å². The fourth-order valence-electron chi connectivity index (χ4n) is 3.27.